The summed E-state index contributed by atoms with van der Waals surface area (Å²) in [7, 11) is -3.87. The average molecular weight is 389 g/mol. The highest BCUT2D eigenvalue weighted by Gasteiger charge is 2.30. The summed E-state index contributed by atoms with van der Waals surface area (Å²) in [5.41, 5.74) is 1.71. The number of anilines is 2. The molecule has 1 aliphatic rings. The summed E-state index contributed by atoms with van der Waals surface area (Å²) < 4.78 is 42.5. The van der Waals surface area contributed by atoms with Crippen molar-refractivity contribution in [2.24, 2.45) is 4.40 Å². The minimum atomic E-state index is -3.87. The zero-order valence-corrected chi connectivity index (χ0v) is 15.9. The van der Waals surface area contributed by atoms with Crippen LogP contribution in [0.4, 0.5) is 15.8 Å². The van der Waals surface area contributed by atoms with E-state index in [4.69, 9.17) is 0 Å². The van der Waals surface area contributed by atoms with Crippen LogP contribution < -0.4 is 10.2 Å². The number of hydrogen-bond donors (Lipinski definition) is 1. The van der Waals surface area contributed by atoms with Crippen LogP contribution in [-0.2, 0) is 21.4 Å². The Labute approximate surface area is 157 Å². The van der Waals surface area contributed by atoms with Crippen LogP contribution in [0.3, 0.4) is 0 Å². The van der Waals surface area contributed by atoms with Crippen molar-refractivity contribution in [2.45, 2.75) is 38.1 Å². The highest BCUT2D eigenvalue weighted by atomic mass is 32.2. The van der Waals surface area contributed by atoms with Crippen LogP contribution in [0.1, 0.15) is 32.3 Å². The summed E-state index contributed by atoms with van der Waals surface area (Å²) in [4.78, 5) is 13.1. The molecule has 0 spiro atoms. The molecular formula is C19H20FN3O3S. The van der Waals surface area contributed by atoms with E-state index < -0.39 is 10.0 Å². The first-order valence-electron chi connectivity index (χ1n) is 8.57. The van der Waals surface area contributed by atoms with E-state index in [2.05, 4.69) is 9.71 Å². The molecule has 27 heavy (non-hydrogen) atoms. The smallest absolute Gasteiger partial charge is 0.286 e. The maximum atomic E-state index is 13.2. The van der Waals surface area contributed by atoms with Crippen LogP contribution >= 0.6 is 0 Å². The standard InChI is InChI=1S/C19H20FN3O3S/c1-3-4-19-22-27(25,26)18-11-16(21-13(2)24)9-10-17(18)23(19)12-14-5-7-15(20)8-6-14/h5-11H,3-4,12H2,1-2H3,(H,21,24). The van der Waals surface area contributed by atoms with Crippen molar-refractivity contribution < 1.29 is 17.6 Å². The predicted octanol–water partition coefficient (Wildman–Crippen LogP) is 3.69. The third-order valence-corrected chi connectivity index (χ3v) is 5.45. The fourth-order valence-corrected chi connectivity index (χ4v) is 4.24. The summed E-state index contributed by atoms with van der Waals surface area (Å²) in [5, 5.41) is 2.59. The number of benzene rings is 2. The second-order valence-electron chi connectivity index (χ2n) is 6.31. The van der Waals surface area contributed by atoms with Crippen molar-refractivity contribution >= 4 is 33.1 Å². The van der Waals surface area contributed by atoms with Crippen molar-refractivity contribution in [2.75, 3.05) is 10.2 Å². The van der Waals surface area contributed by atoms with Crippen molar-refractivity contribution in [3.05, 3.63) is 53.8 Å². The van der Waals surface area contributed by atoms with Crippen molar-refractivity contribution in [3.8, 4) is 0 Å². The normalized spacial score (nSPS) is 15.1. The van der Waals surface area contributed by atoms with E-state index in [1.165, 1.54) is 25.1 Å². The Hall–Kier alpha value is -2.74. The minimum absolute atomic E-state index is 0.0377. The molecule has 8 heteroatoms. The number of carbonyl (C=O) groups is 1. The molecule has 1 N–H and O–H groups in total. The molecule has 0 fully saturated rings. The van der Waals surface area contributed by atoms with E-state index in [-0.39, 0.29) is 16.6 Å². The molecule has 142 valence electrons. The number of amides is 1. The number of sulfonamides is 1. The predicted molar refractivity (Wildman–Crippen MR) is 103 cm³/mol. The zero-order valence-electron chi connectivity index (χ0n) is 15.1. The van der Waals surface area contributed by atoms with Gasteiger partial charge in [0.1, 0.15) is 16.5 Å². The van der Waals surface area contributed by atoms with Gasteiger partial charge in [0.2, 0.25) is 5.91 Å². The lowest BCUT2D eigenvalue weighted by Crippen LogP contribution is -2.35. The van der Waals surface area contributed by atoms with Gasteiger partial charge in [-0.3, -0.25) is 4.79 Å². The first-order chi connectivity index (χ1) is 12.8. The van der Waals surface area contributed by atoms with Gasteiger partial charge in [-0.2, -0.15) is 8.42 Å². The second kappa shape index (κ2) is 7.48. The van der Waals surface area contributed by atoms with Gasteiger partial charge in [0.15, 0.2) is 0 Å². The van der Waals surface area contributed by atoms with Gasteiger partial charge in [-0.05, 0) is 42.3 Å². The molecule has 0 aliphatic carbocycles. The average Bonchev–Trinajstić information content (AvgIpc) is 2.60. The number of carbonyl (C=O) groups excluding carboxylic acids is 1. The summed E-state index contributed by atoms with van der Waals surface area (Å²) in [6, 6.07) is 10.8. The van der Waals surface area contributed by atoms with Gasteiger partial charge in [0, 0.05) is 25.6 Å². The van der Waals surface area contributed by atoms with Gasteiger partial charge in [0.25, 0.3) is 10.0 Å². The Bertz CT molecular complexity index is 1000. The van der Waals surface area contributed by atoms with Crippen LogP contribution in [0.5, 0.6) is 0 Å². The Balaban J connectivity index is 2.07. The topological polar surface area (TPSA) is 78.8 Å². The summed E-state index contributed by atoms with van der Waals surface area (Å²) in [5.74, 6) is -0.175. The number of halogens is 1. The molecule has 0 unspecified atom stereocenters. The molecule has 2 aromatic carbocycles. The second-order valence-corrected chi connectivity index (χ2v) is 7.88. The lowest BCUT2D eigenvalue weighted by molar-refractivity contribution is -0.114. The third kappa shape index (κ3) is 4.16. The van der Waals surface area contributed by atoms with Crippen LogP contribution in [0.2, 0.25) is 0 Å². The van der Waals surface area contributed by atoms with E-state index in [0.717, 1.165) is 12.0 Å². The molecule has 6 nitrogen and oxygen atoms in total. The van der Waals surface area contributed by atoms with Crippen molar-refractivity contribution in [1.29, 1.82) is 0 Å². The molecule has 1 aliphatic heterocycles. The molecule has 0 radical (unpaired) electrons. The maximum absolute atomic E-state index is 13.2. The maximum Gasteiger partial charge on any atom is 0.286 e. The highest BCUT2D eigenvalue weighted by molar-refractivity contribution is 7.90. The highest BCUT2D eigenvalue weighted by Crippen LogP contribution is 2.35. The summed E-state index contributed by atoms with van der Waals surface area (Å²) >= 11 is 0. The Morgan fingerprint density at radius 2 is 1.89 bits per heavy atom. The monoisotopic (exact) mass is 389 g/mol. The van der Waals surface area contributed by atoms with Crippen LogP contribution in [0.15, 0.2) is 51.8 Å². The van der Waals surface area contributed by atoms with Gasteiger partial charge in [-0.15, -0.1) is 4.40 Å². The number of rotatable bonds is 5. The Morgan fingerprint density at radius 3 is 2.52 bits per heavy atom. The van der Waals surface area contributed by atoms with Gasteiger partial charge in [0.05, 0.1) is 5.69 Å². The molecule has 2 aromatic rings. The SMILES string of the molecule is CCCC1=NS(=O)(=O)c2cc(NC(C)=O)ccc2N1Cc1ccc(F)cc1. The van der Waals surface area contributed by atoms with E-state index >= 15 is 0 Å². The van der Waals surface area contributed by atoms with Gasteiger partial charge in [-0.25, -0.2) is 4.39 Å². The molecule has 0 bridgehead atoms. The molecule has 3 rings (SSSR count). The first kappa shape index (κ1) is 19.0. The van der Waals surface area contributed by atoms with E-state index in [1.54, 1.807) is 24.3 Å². The van der Waals surface area contributed by atoms with E-state index in [0.29, 0.717) is 30.2 Å². The third-order valence-electron chi connectivity index (χ3n) is 4.11. The molecule has 1 amide bonds. The molecule has 0 atom stereocenters. The Morgan fingerprint density at radius 1 is 1.19 bits per heavy atom. The summed E-state index contributed by atoms with van der Waals surface area (Å²) in [6.07, 6.45) is 1.22. The van der Waals surface area contributed by atoms with Crippen LogP contribution in [0, 0.1) is 5.82 Å². The van der Waals surface area contributed by atoms with E-state index in [1.807, 2.05) is 11.8 Å². The number of hydrogen-bond acceptors (Lipinski definition) is 4. The number of fused-ring (bicyclic) bond motifs is 1. The van der Waals surface area contributed by atoms with Crippen LogP contribution in [0.25, 0.3) is 0 Å². The number of nitrogens with zero attached hydrogens (tertiary/aromatic N) is 2. The summed E-state index contributed by atoms with van der Waals surface area (Å²) in [6.45, 7) is 3.66. The Kier molecular flexibility index (Phi) is 5.27. The van der Waals surface area contributed by atoms with Crippen molar-refractivity contribution in [3.63, 3.8) is 0 Å². The van der Waals surface area contributed by atoms with Crippen LogP contribution in [-0.4, -0.2) is 20.2 Å². The fraction of sp³-hybridized carbons (Fsp3) is 0.263. The molecule has 1 heterocycles. The number of nitrogens with one attached hydrogen (secondary N) is 1. The van der Waals surface area contributed by atoms with Gasteiger partial charge in [-0.1, -0.05) is 19.1 Å². The van der Waals surface area contributed by atoms with E-state index in [9.17, 15) is 17.6 Å². The minimum Gasteiger partial charge on any atom is -0.326 e. The quantitative estimate of drug-likeness (QED) is 0.846. The molecule has 0 aromatic heterocycles. The lowest BCUT2D eigenvalue weighted by atomic mass is 10.1. The lowest BCUT2D eigenvalue weighted by Gasteiger charge is -2.31. The fourth-order valence-electron chi connectivity index (χ4n) is 2.95. The van der Waals surface area contributed by atoms with Gasteiger partial charge >= 0.3 is 0 Å². The number of amidine groups is 1. The molecular weight excluding hydrogens is 369 g/mol. The zero-order chi connectivity index (χ0) is 19.6. The van der Waals surface area contributed by atoms with Gasteiger partial charge < -0.3 is 10.2 Å². The largest absolute Gasteiger partial charge is 0.326 e. The molecule has 0 saturated heterocycles. The van der Waals surface area contributed by atoms with Crippen molar-refractivity contribution in [1.82, 2.24) is 0 Å². The molecule has 0 saturated carbocycles. The first-order valence-corrected chi connectivity index (χ1v) is 10.0.